The van der Waals surface area contributed by atoms with Crippen molar-refractivity contribution in [1.29, 1.82) is 0 Å². The van der Waals surface area contributed by atoms with E-state index in [9.17, 15) is 9.59 Å². The fraction of sp³-hybridized carbons (Fsp3) is 0.368. The lowest BCUT2D eigenvalue weighted by Gasteiger charge is -2.38. The van der Waals surface area contributed by atoms with Crippen LogP contribution in [-0.2, 0) is 19.7 Å². The van der Waals surface area contributed by atoms with E-state index < -0.39 is 16.8 Å². The zero-order valence-corrected chi connectivity index (χ0v) is 13.6. The molecule has 1 aromatic carbocycles. The Labute approximate surface area is 135 Å². The zero-order chi connectivity index (χ0) is 16.7. The van der Waals surface area contributed by atoms with Crippen LogP contribution in [0.4, 0.5) is 0 Å². The molecule has 1 aromatic rings. The maximum absolute atomic E-state index is 13.0. The van der Waals surface area contributed by atoms with Gasteiger partial charge in [-0.3, -0.25) is 4.79 Å². The van der Waals surface area contributed by atoms with Gasteiger partial charge < -0.3 is 9.47 Å². The first kappa shape index (κ1) is 15.5. The molecule has 2 atom stereocenters. The lowest BCUT2D eigenvalue weighted by Crippen LogP contribution is -2.41. The average molecular weight is 312 g/mol. The Kier molecular flexibility index (Phi) is 3.63. The Morgan fingerprint density at radius 1 is 1.17 bits per heavy atom. The predicted octanol–water partition coefficient (Wildman–Crippen LogP) is 2.97. The van der Waals surface area contributed by atoms with Crippen LogP contribution in [0.3, 0.4) is 0 Å². The molecule has 0 aliphatic heterocycles. The highest BCUT2D eigenvalue weighted by Crippen LogP contribution is 2.56. The van der Waals surface area contributed by atoms with Crippen LogP contribution in [0.5, 0.6) is 5.75 Å². The standard InChI is InChI=1S/C19H20O4/c1-18(13-6-8-14(22-2)9-7-13)12-15(17(21)23-3)16(20)19(18)10-4-5-11-19/h4,6-10,12H,5,11H2,1-3H3/t18-,19-/m1/s1. The number of carbonyl (C=O) groups is 2. The second kappa shape index (κ2) is 5.37. The summed E-state index contributed by atoms with van der Waals surface area (Å²) in [4.78, 5) is 25.0. The van der Waals surface area contributed by atoms with Crippen LogP contribution in [0.15, 0.2) is 48.1 Å². The van der Waals surface area contributed by atoms with Gasteiger partial charge in [0.2, 0.25) is 0 Å². The first-order chi connectivity index (χ1) is 11.0. The predicted molar refractivity (Wildman–Crippen MR) is 86.3 cm³/mol. The number of hydrogen-bond donors (Lipinski definition) is 0. The first-order valence-electron chi connectivity index (χ1n) is 7.67. The fourth-order valence-corrected chi connectivity index (χ4v) is 3.80. The van der Waals surface area contributed by atoms with Crippen molar-refractivity contribution in [1.82, 2.24) is 0 Å². The average Bonchev–Trinajstić information content (AvgIpc) is 3.16. The van der Waals surface area contributed by atoms with Crippen molar-refractivity contribution in [2.24, 2.45) is 5.41 Å². The Hall–Kier alpha value is -2.36. The van der Waals surface area contributed by atoms with Gasteiger partial charge >= 0.3 is 5.97 Å². The topological polar surface area (TPSA) is 52.6 Å². The van der Waals surface area contributed by atoms with Crippen molar-refractivity contribution in [3.8, 4) is 5.75 Å². The summed E-state index contributed by atoms with van der Waals surface area (Å²) in [6, 6.07) is 7.66. The summed E-state index contributed by atoms with van der Waals surface area (Å²) in [5, 5.41) is 0. The molecule has 120 valence electrons. The highest BCUT2D eigenvalue weighted by molar-refractivity contribution is 6.23. The monoisotopic (exact) mass is 312 g/mol. The molecule has 0 aromatic heterocycles. The fourth-order valence-electron chi connectivity index (χ4n) is 3.80. The van der Waals surface area contributed by atoms with Gasteiger partial charge in [0.05, 0.1) is 19.6 Å². The van der Waals surface area contributed by atoms with E-state index in [0.29, 0.717) is 6.42 Å². The third-order valence-electron chi connectivity index (χ3n) is 5.21. The van der Waals surface area contributed by atoms with E-state index in [4.69, 9.17) is 9.47 Å². The molecular formula is C19H20O4. The molecule has 2 aliphatic rings. The van der Waals surface area contributed by atoms with Gasteiger partial charge in [-0.25, -0.2) is 4.79 Å². The van der Waals surface area contributed by atoms with E-state index >= 15 is 0 Å². The largest absolute Gasteiger partial charge is 0.497 e. The Bertz CT molecular complexity index is 713. The second-order valence-corrected chi connectivity index (χ2v) is 6.22. The molecule has 0 amide bonds. The Morgan fingerprint density at radius 2 is 1.87 bits per heavy atom. The molecule has 4 heteroatoms. The number of methoxy groups -OCH3 is 2. The van der Waals surface area contributed by atoms with Gasteiger partial charge in [0.25, 0.3) is 0 Å². The maximum Gasteiger partial charge on any atom is 0.341 e. The summed E-state index contributed by atoms with van der Waals surface area (Å²) >= 11 is 0. The van der Waals surface area contributed by atoms with Gasteiger partial charge in [-0.1, -0.05) is 37.3 Å². The normalized spacial score (nSPS) is 29.0. The minimum Gasteiger partial charge on any atom is -0.497 e. The number of rotatable bonds is 3. The smallest absolute Gasteiger partial charge is 0.341 e. The molecule has 3 rings (SSSR count). The molecule has 0 heterocycles. The number of allylic oxidation sites excluding steroid dienone is 3. The minimum atomic E-state index is -0.703. The first-order valence-corrected chi connectivity index (χ1v) is 7.67. The van der Waals surface area contributed by atoms with E-state index in [-0.39, 0.29) is 11.4 Å². The van der Waals surface area contributed by atoms with Crippen LogP contribution in [-0.4, -0.2) is 26.0 Å². The van der Waals surface area contributed by atoms with E-state index in [0.717, 1.165) is 17.7 Å². The lowest BCUT2D eigenvalue weighted by molar-refractivity contribution is -0.138. The van der Waals surface area contributed by atoms with E-state index in [1.807, 2.05) is 43.3 Å². The number of esters is 1. The maximum atomic E-state index is 13.0. The Morgan fingerprint density at radius 3 is 2.39 bits per heavy atom. The second-order valence-electron chi connectivity index (χ2n) is 6.22. The summed E-state index contributed by atoms with van der Waals surface area (Å²) in [5.74, 6) is 0.0539. The molecule has 0 radical (unpaired) electrons. The molecule has 0 unspecified atom stereocenters. The molecular weight excluding hydrogens is 292 g/mol. The lowest BCUT2D eigenvalue weighted by atomic mass is 9.62. The van der Waals surface area contributed by atoms with Gasteiger partial charge in [-0.15, -0.1) is 0 Å². The van der Waals surface area contributed by atoms with Gasteiger partial charge in [0, 0.05) is 5.41 Å². The van der Waals surface area contributed by atoms with E-state index in [1.54, 1.807) is 13.2 Å². The summed E-state index contributed by atoms with van der Waals surface area (Å²) in [7, 11) is 2.92. The summed E-state index contributed by atoms with van der Waals surface area (Å²) < 4.78 is 10.0. The summed E-state index contributed by atoms with van der Waals surface area (Å²) in [6.45, 7) is 2.01. The molecule has 23 heavy (non-hydrogen) atoms. The molecule has 2 aliphatic carbocycles. The van der Waals surface area contributed by atoms with Crippen LogP contribution < -0.4 is 4.74 Å². The third-order valence-corrected chi connectivity index (χ3v) is 5.21. The number of benzene rings is 1. The molecule has 0 bridgehead atoms. The molecule has 1 spiro atoms. The third kappa shape index (κ3) is 2.05. The van der Waals surface area contributed by atoms with Crippen LogP contribution in [0.2, 0.25) is 0 Å². The highest BCUT2D eigenvalue weighted by atomic mass is 16.5. The zero-order valence-electron chi connectivity index (χ0n) is 13.6. The van der Waals surface area contributed by atoms with E-state index in [1.165, 1.54) is 7.11 Å². The molecule has 0 N–H and O–H groups in total. The van der Waals surface area contributed by atoms with Crippen molar-refractivity contribution >= 4 is 11.8 Å². The van der Waals surface area contributed by atoms with Crippen LogP contribution in [0, 0.1) is 5.41 Å². The molecule has 0 saturated heterocycles. The molecule has 0 saturated carbocycles. The molecule has 0 fully saturated rings. The number of ether oxygens (including phenoxy) is 2. The Balaban J connectivity index is 2.15. The number of Topliss-reactive ketones (excluding diaryl/α,β-unsaturated/α-hetero) is 1. The van der Waals surface area contributed by atoms with Crippen molar-refractivity contribution in [2.45, 2.75) is 25.2 Å². The summed E-state index contributed by atoms with van der Waals surface area (Å²) in [6.07, 6.45) is 7.30. The van der Waals surface area contributed by atoms with Gasteiger partial charge in [-0.05, 0) is 30.5 Å². The summed E-state index contributed by atoms with van der Waals surface area (Å²) in [5.41, 5.74) is -0.146. The highest BCUT2D eigenvalue weighted by Gasteiger charge is 2.59. The minimum absolute atomic E-state index is 0.142. The quantitative estimate of drug-likeness (QED) is 0.489. The van der Waals surface area contributed by atoms with Crippen molar-refractivity contribution in [3.63, 3.8) is 0 Å². The SMILES string of the molecule is COC(=O)C1=C[C@](C)(c2ccc(OC)cc2)[C@@]2(C=CCC2)C1=O. The van der Waals surface area contributed by atoms with Gasteiger partial charge in [0.1, 0.15) is 11.3 Å². The van der Waals surface area contributed by atoms with Gasteiger partial charge in [0.15, 0.2) is 5.78 Å². The van der Waals surface area contributed by atoms with E-state index in [2.05, 4.69) is 0 Å². The van der Waals surface area contributed by atoms with Gasteiger partial charge in [-0.2, -0.15) is 0 Å². The van der Waals surface area contributed by atoms with Crippen LogP contribution in [0.1, 0.15) is 25.3 Å². The number of hydrogen-bond acceptors (Lipinski definition) is 4. The number of ketones is 1. The van der Waals surface area contributed by atoms with Crippen molar-refractivity contribution in [3.05, 3.63) is 53.6 Å². The number of carbonyl (C=O) groups excluding carboxylic acids is 2. The molecule has 4 nitrogen and oxygen atoms in total. The van der Waals surface area contributed by atoms with Crippen molar-refractivity contribution < 1.29 is 19.1 Å². The van der Waals surface area contributed by atoms with Crippen LogP contribution in [0.25, 0.3) is 0 Å². The van der Waals surface area contributed by atoms with Crippen LogP contribution >= 0.6 is 0 Å². The van der Waals surface area contributed by atoms with Crippen molar-refractivity contribution in [2.75, 3.05) is 14.2 Å².